The summed E-state index contributed by atoms with van der Waals surface area (Å²) in [7, 11) is 0. The Morgan fingerprint density at radius 3 is 2.67 bits per heavy atom. The summed E-state index contributed by atoms with van der Waals surface area (Å²) in [6.45, 7) is 0. The van der Waals surface area contributed by atoms with Crippen LogP contribution in [0.3, 0.4) is 0 Å². The van der Waals surface area contributed by atoms with Crippen molar-refractivity contribution in [3.8, 4) is 0 Å². The molecule has 18 heavy (non-hydrogen) atoms. The predicted octanol–water partition coefficient (Wildman–Crippen LogP) is 3.33. The minimum absolute atomic E-state index is 0.0603. The molecule has 0 aliphatic heterocycles. The molecule has 1 aromatic rings. The molecule has 2 aliphatic carbocycles. The van der Waals surface area contributed by atoms with Crippen molar-refractivity contribution in [3.05, 3.63) is 33.8 Å². The van der Waals surface area contributed by atoms with Crippen molar-refractivity contribution in [2.45, 2.75) is 56.7 Å². The van der Waals surface area contributed by atoms with Crippen LogP contribution in [0, 0.1) is 0 Å². The maximum absolute atomic E-state index is 9.54. The minimum atomic E-state index is -0.0603. The van der Waals surface area contributed by atoms with Crippen LogP contribution in [0.1, 0.15) is 49.3 Å². The maximum atomic E-state index is 9.54. The Bertz CT molecular complexity index is 427. The first-order valence-corrected chi connectivity index (χ1v) is 7.74. The van der Waals surface area contributed by atoms with E-state index < -0.39 is 0 Å². The van der Waals surface area contributed by atoms with Gasteiger partial charge in [0.25, 0.3) is 0 Å². The van der Waals surface area contributed by atoms with Crippen molar-refractivity contribution in [2.24, 2.45) is 0 Å². The number of fused-ring (bicyclic) bond motifs is 1. The number of hydrogen-bond acceptors (Lipinski definition) is 2. The SMILES string of the molecule is OC1CCC(NC2CCc3cc(Br)ccc32)CC1. The lowest BCUT2D eigenvalue weighted by molar-refractivity contribution is 0.114. The number of aryl methyl sites for hydroxylation is 1. The first-order valence-electron chi connectivity index (χ1n) is 6.95. The lowest BCUT2D eigenvalue weighted by Crippen LogP contribution is -2.36. The molecule has 0 aromatic heterocycles. The third kappa shape index (κ3) is 2.63. The van der Waals surface area contributed by atoms with Crippen molar-refractivity contribution in [3.63, 3.8) is 0 Å². The van der Waals surface area contributed by atoms with Crippen LogP contribution in [0.25, 0.3) is 0 Å². The zero-order valence-electron chi connectivity index (χ0n) is 10.5. The molecule has 3 rings (SSSR count). The highest BCUT2D eigenvalue weighted by atomic mass is 79.9. The highest BCUT2D eigenvalue weighted by Crippen LogP contribution is 2.34. The predicted molar refractivity (Wildman–Crippen MR) is 76.6 cm³/mol. The number of aliphatic hydroxyl groups is 1. The average Bonchev–Trinajstić information content (AvgIpc) is 2.74. The van der Waals surface area contributed by atoms with Crippen LogP contribution >= 0.6 is 15.9 Å². The Hall–Kier alpha value is -0.380. The molecule has 1 unspecified atom stereocenters. The van der Waals surface area contributed by atoms with Crippen LogP contribution in [0.4, 0.5) is 0 Å². The second-order valence-corrected chi connectivity index (χ2v) is 6.52. The van der Waals surface area contributed by atoms with Gasteiger partial charge >= 0.3 is 0 Å². The fourth-order valence-electron chi connectivity index (χ4n) is 3.29. The van der Waals surface area contributed by atoms with Gasteiger partial charge in [0, 0.05) is 16.6 Å². The number of benzene rings is 1. The van der Waals surface area contributed by atoms with E-state index in [0.29, 0.717) is 12.1 Å². The maximum Gasteiger partial charge on any atom is 0.0541 e. The molecular formula is C15H20BrNO. The Morgan fingerprint density at radius 1 is 1.11 bits per heavy atom. The molecule has 0 saturated heterocycles. The van der Waals surface area contributed by atoms with Crippen molar-refractivity contribution in [1.82, 2.24) is 5.32 Å². The smallest absolute Gasteiger partial charge is 0.0541 e. The molecular weight excluding hydrogens is 290 g/mol. The van der Waals surface area contributed by atoms with Gasteiger partial charge in [0.1, 0.15) is 0 Å². The lowest BCUT2D eigenvalue weighted by Gasteiger charge is -2.29. The minimum Gasteiger partial charge on any atom is -0.393 e. The molecule has 1 saturated carbocycles. The van der Waals surface area contributed by atoms with Gasteiger partial charge < -0.3 is 10.4 Å². The molecule has 3 heteroatoms. The zero-order valence-corrected chi connectivity index (χ0v) is 12.1. The van der Waals surface area contributed by atoms with Crippen LogP contribution in [0.2, 0.25) is 0 Å². The summed E-state index contributed by atoms with van der Waals surface area (Å²) < 4.78 is 1.18. The average molecular weight is 310 g/mol. The van der Waals surface area contributed by atoms with E-state index in [2.05, 4.69) is 39.4 Å². The number of aliphatic hydroxyl groups excluding tert-OH is 1. The van der Waals surface area contributed by atoms with Crippen LogP contribution in [0.15, 0.2) is 22.7 Å². The van der Waals surface area contributed by atoms with E-state index in [1.807, 2.05) is 0 Å². The summed E-state index contributed by atoms with van der Waals surface area (Å²) in [6.07, 6.45) is 6.48. The number of nitrogens with one attached hydrogen (secondary N) is 1. The van der Waals surface area contributed by atoms with Crippen LogP contribution in [-0.2, 0) is 6.42 Å². The van der Waals surface area contributed by atoms with Gasteiger partial charge in [-0.25, -0.2) is 0 Å². The molecule has 2 aliphatic rings. The van der Waals surface area contributed by atoms with Crippen molar-refractivity contribution >= 4 is 15.9 Å². The highest BCUT2D eigenvalue weighted by molar-refractivity contribution is 9.10. The van der Waals surface area contributed by atoms with E-state index >= 15 is 0 Å². The molecule has 0 amide bonds. The van der Waals surface area contributed by atoms with E-state index in [1.54, 1.807) is 0 Å². The monoisotopic (exact) mass is 309 g/mol. The van der Waals surface area contributed by atoms with Crippen LogP contribution in [0.5, 0.6) is 0 Å². The van der Waals surface area contributed by atoms with E-state index in [9.17, 15) is 5.11 Å². The van der Waals surface area contributed by atoms with Gasteiger partial charge in [-0.1, -0.05) is 22.0 Å². The van der Waals surface area contributed by atoms with Crippen LogP contribution < -0.4 is 5.32 Å². The van der Waals surface area contributed by atoms with Gasteiger partial charge in [-0.05, 0) is 61.8 Å². The van der Waals surface area contributed by atoms with Crippen molar-refractivity contribution in [2.75, 3.05) is 0 Å². The van der Waals surface area contributed by atoms with E-state index in [-0.39, 0.29) is 6.10 Å². The van der Waals surface area contributed by atoms with Crippen LogP contribution in [-0.4, -0.2) is 17.3 Å². The summed E-state index contributed by atoms with van der Waals surface area (Å²) in [5, 5.41) is 13.3. The van der Waals surface area contributed by atoms with E-state index in [1.165, 1.54) is 28.4 Å². The third-order valence-electron chi connectivity index (χ3n) is 4.32. The molecule has 2 N–H and O–H groups in total. The molecule has 98 valence electrons. The van der Waals surface area contributed by atoms with Gasteiger partial charge in [-0.15, -0.1) is 0 Å². The summed E-state index contributed by atoms with van der Waals surface area (Å²) in [5.41, 5.74) is 2.96. The lowest BCUT2D eigenvalue weighted by atomic mass is 9.92. The molecule has 0 bridgehead atoms. The molecule has 0 heterocycles. The molecule has 1 aromatic carbocycles. The van der Waals surface area contributed by atoms with Crippen molar-refractivity contribution in [1.29, 1.82) is 0 Å². The normalized spacial score (nSPS) is 31.3. The molecule has 0 spiro atoms. The second kappa shape index (κ2) is 5.32. The van der Waals surface area contributed by atoms with Gasteiger partial charge in [0.2, 0.25) is 0 Å². The van der Waals surface area contributed by atoms with Gasteiger partial charge in [0.05, 0.1) is 6.10 Å². The molecule has 1 atom stereocenters. The number of rotatable bonds is 2. The van der Waals surface area contributed by atoms with Gasteiger partial charge in [-0.3, -0.25) is 0 Å². The largest absolute Gasteiger partial charge is 0.393 e. The van der Waals surface area contributed by atoms with Crippen molar-refractivity contribution < 1.29 is 5.11 Å². The van der Waals surface area contributed by atoms with Gasteiger partial charge in [-0.2, -0.15) is 0 Å². The van der Waals surface area contributed by atoms with Gasteiger partial charge in [0.15, 0.2) is 0 Å². The van der Waals surface area contributed by atoms with E-state index in [0.717, 1.165) is 25.7 Å². The highest BCUT2D eigenvalue weighted by Gasteiger charge is 2.26. The Labute approximate surface area is 117 Å². The Balaban J connectivity index is 1.66. The third-order valence-corrected chi connectivity index (χ3v) is 4.81. The topological polar surface area (TPSA) is 32.3 Å². The fourth-order valence-corrected chi connectivity index (χ4v) is 3.69. The molecule has 2 nitrogen and oxygen atoms in total. The first kappa shape index (κ1) is 12.6. The standard InChI is InChI=1S/C15H20BrNO/c16-11-2-7-14-10(9-11)1-8-15(14)17-12-3-5-13(18)6-4-12/h2,7,9,12-13,15,17-18H,1,3-6,8H2. The quantitative estimate of drug-likeness (QED) is 0.878. The number of hydrogen-bond donors (Lipinski definition) is 2. The summed E-state index contributed by atoms with van der Waals surface area (Å²) in [4.78, 5) is 0. The Morgan fingerprint density at radius 2 is 1.89 bits per heavy atom. The molecule has 1 fully saturated rings. The molecule has 0 radical (unpaired) electrons. The summed E-state index contributed by atoms with van der Waals surface area (Å²) in [5.74, 6) is 0. The van der Waals surface area contributed by atoms with E-state index in [4.69, 9.17) is 0 Å². The summed E-state index contributed by atoms with van der Waals surface area (Å²) in [6, 6.07) is 7.76. The fraction of sp³-hybridized carbons (Fsp3) is 0.600. The first-order chi connectivity index (χ1) is 8.72. The summed E-state index contributed by atoms with van der Waals surface area (Å²) >= 11 is 3.54. The zero-order chi connectivity index (χ0) is 12.5. The Kier molecular flexibility index (Phi) is 3.73. The second-order valence-electron chi connectivity index (χ2n) is 5.61. The number of halogens is 1.